The number of aromatic nitrogens is 3. The smallest absolute Gasteiger partial charge is 0.241 e. The van der Waals surface area contributed by atoms with E-state index in [0.29, 0.717) is 23.1 Å². The van der Waals surface area contributed by atoms with Crippen LogP contribution in [0.25, 0.3) is 11.1 Å². The summed E-state index contributed by atoms with van der Waals surface area (Å²) < 4.78 is 18.3. The molecule has 0 unspecified atom stereocenters. The van der Waals surface area contributed by atoms with Crippen LogP contribution in [0.4, 0.5) is 17.2 Å². The monoisotopic (exact) mass is 426 g/mol. The first-order valence-corrected chi connectivity index (χ1v) is 9.73. The molecular formula is C23H18N6O3. The molecule has 1 aliphatic rings. The first-order valence-electron chi connectivity index (χ1n) is 9.73. The molecule has 158 valence electrons. The number of nitrogens with zero attached hydrogens (tertiary/aromatic N) is 4. The minimum Gasteiger partial charge on any atom is -0.454 e. The molecule has 0 spiro atoms. The Morgan fingerprint density at radius 2 is 1.91 bits per heavy atom. The van der Waals surface area contributed by atoms with Crippen LogP contribution in [0.2, 0.25) is 0 Å². The number of nitriles is 1. The summed E-state index contributed by atoms with van der Waals surface area (Å²) in [6.07, 6.45) is 3.76. The van der Waals surface area contributed by atoms with Gasteiger partial charge in [-0.1, -0.05) is 12.1 Å². The van der Waals surface area contributed by atoms with Gasteiger partial charge in [0.25, 0.3) is 0 Å². The third-order valence-electron chi connectivity index (χ3n) is 4.88. The van der Waals surface area contributed by atoms with E-state index in [4.69, 9.17) is 19.9 Å². The highest BCUT2D eigenvalue weighted by atomic mass is 16.7. The van der Waals surface area contributed by atoms with Crippen LogP contribution in [0.15, 0.2) is 60.9 Å². The van der Waals surface area contributed by atoms with Crippen LogP contribution in [0, 0.1) is 11.3 Å². The van der Waals surface area contributed by atoms with E-state index in [-0.39, 0.29) is 23.9 Å². The van der Waals surface area contributed by atoms with Gasteiger partial charge in [0.1, 0.15) is 23.2 Å². The maximum absolute atomic E-state index is 9.53. The van der Waals surface area contributed by atoms with Crippen LogP contribution in [0.3, 0.4) is 0 Å². The third kappa shape index (κ3) is 3.73. The fraction of sp³-hybridized carbons (Fsp3) is 0.0870. The van der Waals surface area contributed by atoms with Crippen molar-refractivity contribution in [2.75, 3.05) is 17.8 Å². The molecule has 9 nitrogen and oxygen atoms in total. The van der Waals surface area contributed by atoms with Gasteiger partial charge in [0.05, 0.1) is 11.9 Å². The maximum atomic E-state index is 9.53. The number of nitrogens with one attached hydrogen (secondary N) is 1. The molecule has 0 saturated carbocycles. The average molecular weight is 426 g/mol. The van der Waals surface area contributed by atoms with Gasteiger partial charge in [-0.15, -0.1) is 0 Å². The lowest BCUT2D eigenvalue weighted by molar-refractivity contribution is 0.174. The minimum absolute atomic E-state index is 0.0980. The Hall–Kier alpha value is -4.71. The molecule has 3 N–H and O–H groups in total. The van der Waals surface area contributed by atoms with Gasteiger partial charge in [0, 0.05) is 36.6 Å². The zero-order valence-corrected chi connectivity index (χ0v) is 17.1. The van der Waals surface area contributed by atoms with Crippen LogP contribution in [0.5, 0.6) is 23.1 Å². The van der Waals surface area contributed by atoms with Crippen molar-refractivity contribution >= 4 is 17.2 Å². The first-order chi connectivity index (χ1) is 15.6. The van der Waals surface area contributed by atoms with Crippen LogP contribution >= 0.6 is 0 Å². The molecular weight excluding hydrogens is 408 g/mol. The van der Waals surface area contributed by atoms with Crippen LogP contribution in [-0.4, -0.2) is 21.6 Å². The first kappa shape index (κ1) is 19.3. The number of hydrogen-bond acceptors (Lipinski definition) is 8. The molecule has 5 rings (SSSR count). The molecule has 0 atom stereocenters. The van der Waals surface area contributed by atoms with Gasteiger partial charge in [0.15, 0.2) is 11.5 Å². The van der Waals surface area contributed by atoms with E-state index >= 15 is 0 Å². The number of fused-ring (bicyclic) bond motifs is 1. The highest BCUT2D eigenvalue weighted by Crippen LogP contribution is 2.38. The second-order valence-corrected chi connectivity index (χ2v) is 7.11. The van der Waals surface area contributed by atoms with Gasteiger partial charge in [-0.05, 0) is 29.8 Å². The van der Waals surface area contributed by atoms with Gasteiger partial charge < -0.3 is 25.3 Å². The van der Waals surface area contributed by atoms with E-state index in [9.17, 15) is 5.26 Å². The summed E-state index contributed by atoms with van der Waals surface area (Å²) in [6, 6.07) is 16.6. The molecule has 1 aliphatic heterocycles. The Morgan fingerprint density at radius 3 is 2.66 bits per heavy atom. The van der Waals surface area contributed by atoms with Crippen molar-refractivity contribution in [3.63, 3.8) is 0 Å². The molecule has 0 saturated heterocycles. The standard InChI is InChI=1S/C23H18N6O3/c1-29-12-15(11-26-29)14-2-4-16(5-3-14)27-22-9-19(25)18(10-24)23(28-22)32-17-6-7-20-21(8-17)31-13-30-20/h2-9,11-12H,13H2,1H3,(H3,25,27,28). The normalized spacial score (nSPS) is 11.8. The fourth-order valence-electron chi connectivity index (χ4n) is 3.31. The molecule has 9 heteroatoms. The van der Waals surface area contributed by atoms with Gasteiger partial charge in [0.2, 0.25) is 12.7 Å². The van der Waals surface area contributed by atoms with Gasteiger partial charge in [-0.3, -0.25) is 4.68 Å². The van der Waals surface area contributed by atoms with Crippen molar-refractivity contribution in [1.82, 2.24) is 14.8 Å². The summed E-state index contributed by atoms with van der Waals surface area (Å²) in [6.45, 7) is 0.159. The lowest BCUT2D eigenvalue weighted by Gasteiger charge is -2.12. The van der Waals surface area contributed by atoms with Crippen molar-refractivity contribution in [3.8, 4) is 40.3 Å². The second-order valence-electron chi connectivity index (χ2n) is 7.11. The Morgan fingerprint density at radius 1 is 1.09 bits per heavy atom. The predicted octanol–water partition coefficient (Wildman–Crippen LogP) is 4.20. The van der Waals surface area contributed by atoms with Crippen LogP contribution < -0.4 is 25.3 Å². The lowest BCUT2D eigenvalue weighted by Crippen LogP contribution is -2.02. The second kappa shape index (κ2) is 7.85. The molecule has 4 aromatic rings. The highest BCUT2D eigenvalue weighted by molar-refractivity contribution is 5.70. The highest BCUT2D eigenvalue weighted by Gasteiger charge is 2.17. The average Bonchev–Trinajstić information content (AvgIpc) is 3.43. The van der Waals surface area contributed by atoms with Crippen LogP contribution in [0.1, 0.15) is 5.56 Å². The molecule has 3 heterocycles. The van der Waals surface area contributed by atoms with E-state index in [0.717, 1.165) is 16.8 Å². The van der Waals surface area contributed by atoms with Gasteiger partial charge >= 0.3 is 0 Å². The molecule has 0 fully saturated rings. The van der Waals surface area contributed by atoms with Crippen molar-refractivity contribution in [3.05, 3.63) is 66.5 Å². The quantitative estimate of drug-likeness (QED) is 0.487. The summed E-state index contributed by atoms with van der Waals surface area (Å²) in [4.78, 5) is 4.45. The van der Waals surface area contributed by atoms with Gasteiger partial charge in [-0.2, -0.15) is 15.3 Å². The number of hydrogen-bond donors (Lipinski definition) is 2. The number of rotatable bonds is 5. The lowest BCUT2D eigenvalue weighted by atomic mass is 10.1. The van der Waals surface area contributed by atoms with E-state index in [2.05, 4.69) is 21.5 Å². The molecule has 2 aromatic carbocycles. The van der Waals surface area contributed by atoms with E-state index < -0.39 is 0 Å². The zero-order valence-electron chi connectivity index (χ0n) is 17.1. The summed E-state index contributed by atoms with van der Waals surface area (Å²) in [5, 5.41) is 16.9. The van der Waals surface area contributed by atoms with E-state index in [1.807, 2.05) is 43.7 Å². The van der Waals surface area contributed by atoms with Crippen molar-refractivity contribution in [2.24, 2.45) is 7.05 Å². The summed E-state index contributed by atoms with van der Waals surface area (Å²) >= 11 is 0. The van der Waals surface area contributed by atoms with E-state index in [1.165, 1.54) is 0 Å². The van der Waals surface area contributed by atoms with Crippen molar-refractivity contribution < 1.29 is 14.2 Å². The molecule has 0 bridgehead atoms. The Kier molecular flexibility index (Phi) is 4.72. The van der Waals surface area contributed by atoms with Crippen molar-refractivity contribution in [1.29, 1.82) is 5.26 Å². The Balaban J connectivity index is 1.40. The molecule has 32 heavy (non-hydrogen) atoms. The largest absolute Gasteiger partial charge is 0.454 e. The number of nitrogens with two attached hydrogens (primary N) is 1. The molecule has 0 aliphatic carbocycles. The van der Waals surface area contributed by atoms with E-state index in [1.54, 1.807) is 28.9 Å². The number of pyridine rings is 1. The Labute approximate surface area is 183 Å². The third-order valence-corrected chi connectivity index (χ3v) is 4.88. The van der Waals surface area contributed by atoms with Crippen molar-refractivity contribution in [2.45, 2.75) is 0 Å². The number of anilines is 3. The number of ether oxygens (including phenoxy) is 3. The topological polar surface area (TPSA) is 120 Å². The zero-order chi connectivity index (χ0) is 22.1. The summed E-state index contributed by atoms with van der Waals surface area (Å²) in [7, 11) is 1.88. The summed E-state index contributed by atoms with van der Waals surface area (Å²) in [5.41, 5.74) is 9.39. The molecule has 2 aromatic heterocycles. The number of nitrogen functional groups attached to an aromatic ring is 1. The fourth-order valence-corrected chi connectivity index (χ4v) is 3.31. The van der Waals surface area contributed by atoms with Crippen LogP contribution in [-0.2, 0) is 7.05 Å². The number of benzene rings is 2. The SMILES string of the molecule is Cn1cc(-c2ccc(Nc3cc(N)c(C#N)c(Oc4ccc5c(c4)OCO5)n3)cc2)cn1. The molecule has 0 amide bonds. The Bertz CT molecular complexity index is 1340. The maximum Gasteiger partial charge on any atom is 0.241 e. The number of aryl methyl sites for hydroxylation is 1. The summed E-state index contributed by atoms with van der Waals surface area (Å²) in [5.74, 6) is 2.20. The van der Waals surface area contributed by atoms with Gasteiger partial charge in [-0.25, -0.2) is 0 Å². The minimum atomic E-state index is 0.0980. The predicted molar refractivity (Wildman–Crippen MR) is 118 cm³/mol. The molecule has 0 radical (unpaired) electrons.